The molecule has 0 spiro atoms. The summed E-state index contributed by atoms with van der Waals surface area (Å²) in [6, 6.07) is 25.8. The van der Waals surface area contributed by atoms with E-state index in [1.165, 1.54) is 5.56 Å². The van der Waals surface area contributed by atoms with Crippen molar-refractivity contribution in [3.05, 3.63) is 84.4 Å². The van der Waals surface area contributed by atoms with Gasteiger partial charge in [0.25, 0.3) is 0 Å². The molecule has 0 unspecified atom stereocenters. The summed E-state index contributed by atoms with van der Waals surface area (Å²) in [5.41, 5.74) is 4.76. The van der Waals surface area contributed by atoms with Crippen molar-refractivity contribution in [3.8, 4) is 11.4 Å². The number of H-pyrrole nitrogens is 1. The number of carbonyl (C=O) groups excluding carboxylic acids is 1. The van der Waals surface area contributed by atoms with Crippen LogP contribution in [0, 0.1) is 0 Å². The number of benzene rings is 3. The Labute approximate surface area is 162 Å². The molecular formula is C22H19N3OS. The van der Waals surface area contributed by atoms with Crippen LogP contribution in [0.3, 0.4) is 0 Å². The van der Waals surface area contributed by atoms with Crippen LogP contribution < -0.4 is 5.32 Å². The fraction of sp³-hybridized carbons (Fsp3) is 0.0909. The van der Waals surface area contributed by atoms with Gasteiger partial charge in [0.05, 0.1) is 22.5 Å². The Morgan fingerprint density at radius 2 is 1.67 bits per heavy atom. The second-order valence-corrected chi connectivity index (χ2v) is 7.16. The number of imidazole rings is 1. The highest BCUT2D eigenvalue weighted by atomic mass is 32.2. The molecule has 5 heteroatoms. The largest absolute Gasteiger partial charge is 0.338 e. The molecule has 3 aromatic carbocycles. The van der Waals surface area contributed by atoms with Crippen molar-refractivity contribution in [3.63, 3.8) is 0 Å². The minimum Gasteiger partial charge on any atom is -0.338 e. The van der Waals surface area contributed by atoms with Crippen LogP contribution in [0.25, 0.3) is 22.4 Å². The Morgan fingerprint density at radius 1 is 0.926 bits per heavy atom. The van der Waals surface area contributed by atoms with Gasteiger partial charge in [-0.2, -0.15) is 0 Å². The van der Waals surface area contributed by atoms with Crippen molar-refractivity contribution in [2.75, 3.05) is 11.1 Å². The Balaban J connectivity index is 1.45. The van der Waals surface area contributed by atoms with Crippen LogP contribution in [0.2, 0.25) is 0 Å². The molecule has 0 radical (unpaired) electrons. The number of hydrogen-bond donors (Lipinski definition) is 2. The summed E-state index contributed by atoms with van der Waals surface area (Å²) in [5.74, 6) is 1.96. The van der Waals surface area contributed by atoms with Gasteiger partial charge in [-0.1, -0.05) is 54.6 Å². The Hall–Kier alpha value is -3.05. The van der Waals surface area contributed by atoms with Crippen molar-refractivity contribution in [1.29, 1.82) is 0 Å². The minimum absolute atomic E-state index is 0.0144. The number of nitrogens with one attached hydrogen (secondary N) is 2. The molecule has 4 nitrogen and oxygen atoms in total. The summed E-state index contributed by atoms with van der Waals surface area (Å²) in [5, 5.41) is 3.02. The molecule has 1 amide bonds. The summed E-state index contributed by atoms with van der Waals surface area (Å²) < 4.78 is 0. The average Bonchev–Trinajstić information content (AvgIpc) is 3.13. The standard InChI is InChI=1S/C22H19N3OS/c26-21(15-27-14-16-8-2-1-3-9-16)23-18-11-5-4-10-17(18)22-24-19-12-6-7-13-20(19)25-22/h1-13H,14-15H2,(H,23,26)(H,24,25). The van der Waals surface area contributed by atoms with Crippen molar-refractivity contribution >= 4 is 34.4 Å². The molecule has 1 heterocycles. The normalized spacial score (nSPS) is 10.8. The smallest absolute Gasteiger partial charge is 0.234 e. The fourth-order valence-corrected chi connectivity index (χ4v) is 3.69. The topological polar surface area (TPSA) is 57.8 Å². The molecule has 134 valence electrons. The highest BCUT2D eigenvalue weighted by Gasteiger charge is 2.11. The first-order chi connectivity index (χ1) is 13.3. The molecule has 0 saturated carbocycles. The van der Waals surface area contributed by atoms with Gasteiger partial charge in [-0.05, 0) is 29.8 Å². The first-order valence-corrected chi connectivity index (χ1v) is 9.91. The maximum absolute atomic E-state index is 12.4. The van der Waals surface area contributed by atoms with E-state index in [1.807, 2.05) is 66.7 Å². The van der Waals surface area contributed by atoms with Gasteiger partial charge in [-0.15, -0.1) is 11.8 Å². The first-order valence-electron chi connectivity index (χ1n) is 8.75. The summed E-state index contributed by atoms with van der Waals surface area (Å²) >= 11 is 1.60. The number of aromatic amines is 1. The van der Waals surface area contributed by atoms with Gasteiger partial charge in [-0.25, -0.2) is 4.98 Å². The molecule has 0 atom stereocenters. The van der Waals surface area contributed by atoms with E-state index >= 15 is 0 Å². The van der Waals surface area contributed by atoms with E-state index in [0.717, 1.165) is 33.9 Å². The summed E-state index contributed by atoms with van der Waals surface area (Å²) in [7, 11) is 0. The molecule has 0 fully saturated rings. The molecule has 4 aromatic rings. The third-order valence-corrected chi connectivity index (χ3v) is 5.19. The van der Waals surface area contributed by atoms with Crippen molar-refractivity contribution in [2.45, 2.75) is 5.75 Å². The summed E-state index contributed by atoms with van der Waals surface area (Å²) in [6.07, 6.45) is 0. The van der Waals surface area contributed by atoms with Gasteiger partial charge in [-0.3, -0.25) is 4.79 Å². The molecule has 0 aliphatic heterocycles. The maximum Gasteiger partial charge on any atom is 0.234 e. The Bertz CT molecular complexity index is 1030. The van der Waals surface area contributed by atoms with E-state index in [-0.39, 0.29) is 5.91 Å². The zero-order valence-corrected chi connectivity index (χ0v) is 15.5. The first kappa shape index (κ1) is 17.4. The predicted octanol–water partition coefficient (Wildman–Crippen LogP) is 5.10. The number of aromatic nitrogens is 2. The Kier molecular flexibility index (Phi) is 5.21. The van der Waals surface area contributed by atoms with Crippen molar-refractivity contribution in [2.24, 2.45) is 0 Å². The minimum atomic E-state index is -0.0144. The van der Waals surface area contributed by atoms with Crippen LogP contribution in [0.15, 0.2) is 78.9 Å². The van der Waals surface area contributed by atoms with Gasteiger partial charge in [0.15, 0.2) is 0 Å². The van der Waals surface area contributed by atoms with Gasteiger partial charge in [0.2, 0.25) is 5.91 Å². The van der Waals surface area contributed by atoms with Crippen LogP contribution >= 0.6 is 11.8 Å². The third kappa shape index (κ3) is 4.20. The maximum atomic E-state index is 12.4. The second-order valence-electron chi connectivity index (χ2n) is 6.17. The van der Waals surface area contributed by atoms with E-state index in [4.69, 9.17) is 0 Å². The monoisotopic (exact) mass is 373 g/mol. The van der Waals surface area contributed by atoms with E-state index in [0.29, 0.717) is 5.75 Å². The van der Waals surface area contributed by atoms with Gasteiger partial charge >= 0.3 is 0 Å². The zero-order chi connectivity index (χ0) is 18.5. The number of carbonyl (C=O) groups is 1. The number of nitrogens with zero attached hydrogens (tertiary/aromatic N) is 1. The summed E-state index contributed by atoms with van der Waals surface area (Å²) in [6.45, 7) is 0. The Morgan fingerprint density at radius 3 is 2.52 bits per heavy atom. The zero-order valence-electron chi connectivity index (χ0n) is 14.7. The lowest BCUT2D eigenvalue weighted by atomic mass is 10.1. The lowest BCUT2D eigenvalue weighted by Crippen LogP contribution is -2.15. The lowest BCUT2D eigenvalue weighted by molar-refractivity contribution is -0.113. The van der Waals surface area contributed by atoms with E-state index in [9.17, 15) is 4.79 Å². The molecule has 0 saturated heterocycles. The number of rotatable bonds is 6. The number of hydrogen-bond acceptors (Lipinski definition) is 3. The van der Waals surface area contributed by atoms with E-state index < -0.39 is 0 Å². The molecular weight excluding hydrogens is 354 g/mol. The molecule has 0 aliphatic carbocycles. The number of fused-ring (bicyclic) bond motifs is 1. The summed E-state index contributed by atoms with van der Waals surface area (Å²) in [4.78, 5) is 20.4. The van der Waals surface area contributed by atoms with Crippen LogP contribution in [-0.2, 0) is 10.5 Å². The van der Waals surface area contributed by atoms with Gasteiger partial charge < -0.3 is 10.3 Å². The van der Waals surface area contributed by atoms with Crippen LogP contribution in [-0.4, -0.2) is 21.6 Å². The average molecular weight is 373 g/mol. The highest BCUT2D eigenvalue weighted by molar-refractivity contribution is 7.99. The molecule has 0 bridgehead atoms. The number of amides is 1. The number of thioether (sulfide) groups is 1. The highest BCUT2D eigenvalue weighted by Crippen LogP contribution is 2.27. The predicted molar refractivity (Wildman–Crippen MR) is 113 cm³/mol. The second kappa shape index (κ2) is 8.10. The molecule has 0 aliphatic rings. The SMILES string of the molecule is O=C(CSCc1ccccc1)Nc1ccccc1-c1nc2ccccc2[nH]1. The molecule has 1 aromatic heterocycles. The van der Waals surface area contributed by atoms with E-state index in [2.05, 4.69) is 27.4 Å². The van der Waals surface area contributed by atoms with Crippen molar-refractivity contribution in [1.82, 2.24) is 9.97 Å². The van der Waals surface area contributed by atoms with Crippen LogP contribution in [0.1, 0.15) is 5.56 Å². The van der Waals surface area contributed by atoms with Crippen LogP contribution in [0.5, 0.6) is 0 Å². The van der Waals surface area contributed by atoms with Crippen molar-refractivity contribution < 1.29 is 4.79 Å². The molecule has 2 N–H and O–H groups in total. The van der Waals surface area contributed by atoms with Crippen LogP contribution in [0.4, 0.5) is 5.69 Å². The van der Waals surface area contributed by atoms with Gasteiger partial charge in [0.1, 0.15) is 5.82 Å². The molecule has 27 heavy (non-hydrogen) atoms. The lowest BCUT2D eigenvalue weighted by Gasteiger charge is -2.09. The quantitative estimate of drug-likeness (QED) is 0.494. The molecule has 4 rings (SSSR count). The van der Waals surface area contributed by atoms with E-state index in [1.54, 1.807) is 11.8 Å². The van der Waals surface area contributed by atoms with Gasteiger partial charge in [0, 0.05) is 11.3 Å². The third-order valence-electron chi connectivity index (χ3n) is 4.19. The fourth-order valence-electron chi connectivity index (χ4n) is 2.90. The number of anilines is 1. The number of para-hydroxylation sites is 3.